The van der Waals surface area contributed by atoms with E-state index in [1.807, 2.05) is 38.2 Å². The molecule has 0 radical (unpaired) electrons. The van der Waals surface area contributed by atoms with E-state index in [4.69, 9.17) is 16.1 Å². The molecule has 0 fully saturated rings. The maximum Gasteiger partial charge on any atom is 0.243 e. The molecule has 1 unspecified atom stereocenters. The smallest absolute Gasteiger partial charge is 0.243 e. The second-order valence-corrected chi connectivity index (χ2v) is 5.20. The molecule has 0 amide bonds. The number of benzene rings is 1. The summed E-state index contributed by atoms with van der Waals surface area (Å²) < 4.78 is 5.17. The standard InChI is InChI=1S/C12H14ClN3OS/c1-8(14-2)12-15-11(16-17-12)7-18-10-6-4-3-5-9(10)13/h3-6,8,14H,7H2,1-2H3. The van der Waals surface area contributed by atoms with Gasteiger partial charge in [0.15, 0.2) is 5.82 Å². The molecule has 96 valence electrons. The van der Waals surface area contributed by atoms with Gasteiger partial charge in [0, 0.05) is 4.90 Å². The summed E-state index contributed by atoms with van der Waals surface area (Å²) in [5, 5.41) is 7.74. The highest BCUT2D eigenvalue weighted by molar-refractivity contribution is 7.98. The van der Waals surface area contributed by atoms with Crippen molar-refractivity contribution >= 4 is 23.4 Å². The quantitative estimate of drug-likeness (QED) is 0.853. The highest BCUT2D eigenvalue weighted by Gasteiger charge is 2.12. The molecule has 0 bridgehead atoms. The molecule has 0 saturated carbocycles. The van der Waals surface area contributed by atoms with Gasteiger partial charge in [-0.1, -0.05) is 28.9 Å². The lowest BCUT2D eigenvalue weighted by Gasteiger charge is -2.02. The zero-order valence-corrected chi connectivity index (χ0v) is 11.8. The molecule has 0 spiro atoms. The van der Waals surface area contributed by atoms with E-state index in [0.29, 0.717) is 17.5 Å². The van der Waals surface area contributed by atoms with Crippen LogP contribution in [-0.2, 0) is 5.75 Å². The third-order valence-electron chi connectivity index (χ3n) is 2.48. The van der Waals surface area contributed by atoms with E-state index >= 15 is 0 Å². The van der Waals surface area contributed by atoms with Gasteiger partial charge >= 0.3 is 0 Å². The van der Waals surface area contributed by atoms with Gasteiger partial charge < -0.3 is 9.84 Å². The first-order valence-electron chi connectivity index (χ1n) is 5.57. The SMILES string of the molecule is CNC(C)c1nc(CSc2ccccc2Cl)no1. The minimum atomic E-state index is 0.0663. The largest absolute Gasteiger partial charge is 0.338 e. The molecular weight excluding hydrogens is 270 g/mol. The molecule has 0 aliphatic heterocycles. The van der Waals surface area contributed by atoms with E-state index in [9.17, 15) is 0 Å². The van der Waals surface area contributed by atoms with Gasteiger partial charge in [0.1, 0.15) is 0 Å². The molecule has 2 rings (SSSR count). The molecule has 4 nitrogen and oxygen atoms in total. The van der Waals surface area contributed by atoms with Crippen LogP contribution in [-0.4, -0.2) is 17.2 Å². The van der Waals surface area contributed by atoms with Crippen molar-refractivity contribution in [3.8, 4) is 0 Å². The lowest BCUT2D eigenvalue weighted by atomic mass is 10.3. The second kappa shape index (κ2) is 6.22. The Morgan fingerprint density at radius 1 is 1.44 bits per heavy atom. The summed E-state index contributed by atoms with van der Waals surface area (Å²) in [5.74, 6) is 1.92. The molecule has 2 aromatic rings. The van der Waals surface area contributed by atoms with E-state index < -0.39 is 0 Å². The first-order valence-corrected chi connectivity index (χ1v) is 6.94. The van der Waals surface area contributed by atoms with Gasteiger partial charge in [-0.25, -0.2) is 0 Å². The number of aromatic nitrogens is 2. The number of rotatable bonds is 5. The normalized spacial score (nSPS) is 12.6. The van der Waals surface area contributed by atoms with Crippen molar-refractivity contribution in [2.24, 2.45) is 0 Å². The van der Waals surface area contributed by atoms with Gasteiger partial charge in [-0.05, 0) is 26.1 Å². The van der Waals surface area contributed by atoms with Gasteiger partial charge in [-0.3, -0.25) is 0 Å². The maximum absolute atomic E-state index is 6.07. The van der Waals surface area contributed by atoms with Crippen molar-refractivity contribution in [2.75, 3.05) is 7.05 Å². The predicted molar refractivity (Wildman–Crippen MR) is 72.8 cm³/mol. The van der Waals surface area contributed by atoms with Crippen molar-refractivity contribution in [2.45, 2.75) is 23.6 Å². The molecule has 1 N–H and O–H groups in total. The molecule has 1 heterocycles. The molecule has 0 aliphatic carbocycles. The Balaban J connectivity index is 1.98. The summed E-state index contributed by atoms with van der Waals surface area (Å²) in [4.78, 5) is 5.34. The number of nitrogens with one attached hydrogen (secondary N) is 1. The van der Waals surface area contributed by atoms with Crippen LogP contribution in [0.2, 0.25) is 5.02 Å². The van der Waals surface area contributed by atoms with Crippen LogP contribution in [0.15, 0.2) is 33.7 Å². The highest BCUT2D eigenvalue weighted by Crippen LogP contribution is 2.28. The fourth-order valence-electron chi connectivity index (χ4n) is 1.33. The van der Waals surface area contributed by atoms with Crippen LogP contribution in [0.5, 0.6) is 0 Å². The fraction of sp³-hybridized carbons (Fsp3) is 0.333. The molecular formula is C12H14ClN3OS. The minimum absolute atomic E-state index is 0.0663. The fourth-order valence-corrected chi connectivity index (χ4v) is 2.41. The molecule has 0 aliphatic rings. The zero-order chi connectivity index (χ0) is 13.0. The van der Waals surface area contributed by atoms with Crippen LogP contribution >= 0.6 is 23.4 Å². The van der Waals surface area contributed by atoms with Crippen molar-refractivity contribution in [3.05, 3.63) is 41.0 Å². The van der Waals surface area contributed by atoms with E-state index in [1.54, 1.807) is 11.8 Å². The lowest BCUT2D eigenvalue weighted by Crippen LogP contribution is -2.12. The summed E-state index contributed by atoms with van der Waals surface area (Å²) in [6.07, 6.45) is 0. The first-order chi connectivity index (χ1) is 8.70. The average molecular weight is 284 g/mol. The van der Waals surface area contributed by atoms with Crippen LogP contribution in [0.1, 0.15) is 24.7 Å². The second-order valence-electron chi connectivity index (χ2n) is 3.78. The molecule has 18 heavy (non-hydrogen) atoms. The molecule has 1 aromatic carbocycles. The van der Waals surface area contributed by atoms with Crippen LogP contribution in [0.3, 0.4) is 0 Å². The van der Waals surface area contributed by atoms with Gasteiger partial charge in [-0.2, -0.15) is 4.98 Å². The summed E-state index contributed by atoms with van der Waals surface area (Å²) >= 11 is 7.67. The molecule has 1 atom stereocenters. The van der Waals surface area contributed by atoms with Crippen molar-refractivity contribution in [1.82, 2.24) is 15.5 Å². The zero-order valence-electron chi connectivity index (χ0n) is 10.2. The Hall–Kier alpha value is -1.04. The number of hydrogen-bond donors (Lipinski definition) is 1. The van der Waals surface area contributed by atoms with E-state index in [1.165, 1.54) is 0 Å². The summed E-state index contributed by atoms with van der Waals surface area (Å²) in [6.45, 7) is 1.97. The van der Waals surface area contributed by atoms with Crippen LogP contribution < -0.4 is 5.32 Å². The number of halogens is 1. The summed E-state index contributed by atoms with van der Waals surface area (Å²) in [6, 6.07) is 7.78. The minimum Gasteiger partial charge on any atom is -0.338 e. The van der Waals surface area contributed by atoms with E-state index in [0.717, 1.165) is 9.92 Å². The van der Waals surface area contributed by atoms with Crippen LogP contribution in [0, 0.1) is 0 Å². The van der Waals surface area contributed by atoms with E-state index in [-0.39, 0.29) is 6.04 Å². The first kappa shape index (κ1) is 13.4. The third-order valence-corrected chi connectivity index (χ3v) is 3.99. The third kappa shape index (κ3) is 3.25. The van der Waals surface area contributed by atoms with Crippen molar-refractivity contribution in [1.29, 1.82) is 0 Å². The Morgan fingerprint density at radius 3 is 2.94 bits per heavy atom. The van der Waals surface area contributed by atoms with Gasteiger partial charge in [0.05, 0.1) is 16.8 Å². The Morgan fingerprint density at radius 2 is 2.22 bits per heavy atom. The number of hydrogen-bond acceptors (Lipinski definition) is 5. The van der Waals surface area contributed by atoms with Crippen molar-refractivity contribution < 1.29 is 4.52 Å². The Kier molecular flexibility index (Phi) is 4.63. The summed E-state index contributed by atoms with van der Waals surface area (Å²) in [7, 11) is 1.85. The van der Waals surface area contributed by atoms with Crippen LogP contribution in [0.25, 0.3) is 0 Å². The topological polar surface area (TPSA) is 51.0 Å². The van der Waals surface area contributed by atoms with Crippen LogP contribution in [0.4, 0.5) is 0 Å². The lowest BCUT2D eigenvalue weighted by molar-refractivity contribution is 0.344. The number of thioether (sulfide) groups is 1. The monoisotopic (exact) mass is 283 g/mol. The number of nitrogens with zero attached hydrogens (tertiary/aromatic N) is 2. The Labute approximate surface area is 115 Å². The molecule has 6 heteroatoms. The van der Waals surface area contributed by atoms with Crippen molar-refractivity contribution in [3.63, 3.8) is 0 Å². The predicted octanol–water partition coefficient (Wildman–Crippen LogP) is 3.30. The van der Waals surface area contributed by atoms with Gasteiger partial charge in [0.25, 0.3) is 0 Å². The molecule has 0 saturated heterocycles. The molecule has 1 aromatic heterocycles. The average Bonchev–Trinajstić information content (AvgIpc) is 2.86. The highest BCUT2D eigenvalue weighted by atomic mass is 35.5. The maximum atomic E-state index is 6.07. The summed E-state index contributed by atoms with van der Waals surface area (Å²) in [5.41, 5.74) is 0. The van der Waals surface area contributed by atoms with Gasteiger partial charge in [-0.15, -0.1) is 11.8 Å². The van der Waals surface area contributed by atoms with Gasteiger partial charge in [0.2, 0.25) is 5.89 Å². The Bertz CT molecular complexity index is 518. The van der Waals surface area contributed by atoms with E-state index in [2.05, 4.69) is 15.5 Å².